The van der Waals surface area contributed by atoms with Gasteiger partial charge in [0, 0.05) is 37.2 Å². The highest BCUT2D eigenvalue weighted by Gasteiger charge is 2.55. The molecule has 2 heterocycles. The molecule has 0 fully saturated rings. The molecule has 0 radical (unpaired) electrons. The number of fused-ring (bicyclic) bond motifs is 16. The number of thiophene rings is 1. The molecule has 366 valence electrons. The van der Waals surface area contributed by atoms with Gasteiger partial charge >= 0.3 is 0 Å². The minimum atomic E-state index is -0.562. The molecular weight excluding hydrogens is 959 g/mol. The lowest BCUT2D eigenvalue weighted by atomic mass is 9.70. The normalized spacial score (nSPS) is 15.3. The third kappa shape index (κ3) is 6.35. The van der Waals surface area contributed by atoms with Gasteiger partial charge in [-0.1, -0.05) is 250 Å². The quantitative estimate of drug-likeness (QED) is 0.140. The van der Waals surface area contributed by atoms with Crippen LogP contribution in [0.1, 0.15) is 63.9 Å². The van der Waals surface area contributed by atoms with Crippen LogP contribution in [0.15, 0.2) is 267 Å². The highest BCUT2D eigenvalue weighted by Crippen LogP contribution is 2.69. The van der Waals surface area contributed by atoms with Crippen molar-refractivity contribution in [2.24, 2.45) is 0 Å². The van der Waals surface area contributed by atoms with Gasteiger partial charge in [-0.3, -0.25) is 0 Å². The molecule has 0 amide bonds. The van der Waals surface area contributed by atoms with Crippen molar-refractivity contribution in [1.29, 1.82) is 0 Å². The van der Waals surface area contributed by atoms with Crippen LogP contribution in [0.25, 0.3) is 105 Å². The molecule has 13 aromatic rings. The Morgan fingerprint density at radius 2 is 0.897 bits per heavy atom. The number of para-hydroxylation sites is 2. The fraction of sp³-hybridized carbons (Fsp3) is 0.0526. The van der Waals surface area contributed by atoms with Gasteiger partial charge in [-0.05, 0) is 142 Å². The zero-order valence-corrected chi connectivity index (χ0v) is 44.2. The van der Waals surface area contributed by atoms with Gasteiger partial charge in [0.1, 0.15) is 0 Å². The molecule has 11 aromatic carbocycles. The van der Waals surface area contributed by atoms with Gasteiger partial charge < -0.3 is 4.57 Å². The fourth-order valence-corrected chi connectivity index (χ4v) is 15.4. The first-order chi connectivity index (χ1) is 38.5. The maximum atomic E-state index is 2.51. The van der Waals surface area contributed by atoms with E-state index in [1.807, 2.05) is 11.3 Å². The molecule has 1 spiro atoms. The Bertz CT molecular complexity index is 4550. The Balaban J connectivity index is 0.890. The summed E-state index contributed by atoms with van der Waals surface area (Å²) in [4.78, 5) is 2.65. The van der Waals surface area contributed by atoms with Gasteiger partial charge in [0.05, 0.1) is 16.4 Å². The molecule has 0 N–H and O–H groups in total. The lowest BCUT2D eigenvalue weighted by Crippen LogP contribution is -2.26. The van der Waals surface area contributed by atoms with Crippen molar-refractivity contribution in [2.45, 2.75) is 24.7 Å². The maximum Gasteiger partial charge on any atom is 0.0740 e. The first-order valence-electron chi connectivity index (χ1n) is 27.2. The second-order valence-electron chi connectivity index (χ2n) is 21.8. The summed E-state index contributed by atoms with van der Waals surface area (Å²) in [7, 11) is 0. The zero-order chi connectivity index (χ0) is 51.7. The monoisotopic (exact) mass is 1010 g/mol. The summed E-state index contributed by atoms with van der Waals surface area (Å²) >= 11 is 1.94. The molecule has 2 aromatic heterocycles. The van der Waals surface area contributed by atoms with Gasteiger partial charge in [0.25, 0.3) is 0 Å². The SMILES string of the molecule is CC1(C)c2ccccc2-c2ccc(/C(=C/c3ccc(-c4ccc(-n5c6ccccc6c6ccccc65)cc4)cc3)c3cccc4c3-c3ccccc3C43c4ccccc4-c4c(-c5ccccc5)sc(-c5ccccc5)c43)cc21. The largest absolute Gasteiger partial charge is 0.309 e. The maximum absolute atomic E-state index is 2.51. The highest BCUT2D eigenvalue weighted by atomic mass is 32.1. The standard InChI is InChI=1S/C76H51NS/c1-75(2)63-30-14-9-24-55(63)56-45-42-53(47-67(56)75)62(46-48-36-38-49(39-37-48)50-40-43-54(44-41-50)77-68-34-17-12-25-57(68)58-26-13-18-35-69(58)77)59-29-19-33-66-70(59)60-27-10-15-31-64(60)76(66)65-32-16-11-28-61(65)71-72(76)74(52-22-7-4-8-23-52)78-73(71)51-20-5-3-6-21-51/h3-47H,1-2H3/b62-46-. The number of hydrogen-bond acceptors (Lipinski definition) is 1. The lowest BCUT2D eigenvalue weighted by molar-refractivity contribution is 0.660. The smallest absolute Gasteiger partial charge is 0.0740 e. The van der Waals surface area contributed by atoms with Gasteiger partial charge in [-0.15, -0.1) is 11.3 Å². The second kappa shape index (κ2) is 17.1. The molecule has 0 aliphatic heterocycles. The van der Waals surface area contributed by atoms with Crippen molar-refractivity contribution in [2.75, 3.05) is 0 Å². The van der Waals surface area contributed by atoms with E-state index in [1.165, 1.54) is 137 Å². The molecule has 0 saturated heterocycles. The Kier molecular flexibility index (Phi) is 9.84. The van der Waals surface area contributed by atoms with Crippen molar-refractivity contribution in [1.82, 2.24) is 4.57 Å². The highest BCUT2D eigenvalue weighted by molar-refractivity contribution is 7.19. The summed E-state index contributed by atoms with van der Waals surface area (Å²) in [5.41, 5.74) is 28.6. The summed E-state index contributed by atoms with van der Waals surface area (Å²) in [6, 6.07) is 99.9. The van der Waals surface area contributed by atoms with Crippen molar-refractivity contribution in [3.63, 3.8) is 0 Å². The van der Waals surface area contributed by atoms with E-state index in [0.717, 1.165) is 11.3 Å². The summed E-state index contributed by atoms with van der Waals surface area (Å²) < 4.78 is 2.39. The fourth-order valence-electron chi connectivity index (χ4n) is 14.0. The Morgan fingerprint density at radius 1 is 0.385 bits per heavy atom. The van der Waals surface area contributed by atoms with Crippen LogP contribution in [-0.2, 0) is 10.8 Å². The first-order valence-corrected chi connectivity index (χ1v) is 28.1. The van der Waals surface area contributed by atoms with E-state index in [2.05, 4.69) is 291 Å². The van der Waals surface area contributed by atoms with Gasteiger partial charge in [0.2, 0.25) is 0 Å². The molecule has 1 atom stereocenters. The number of rotatable bonds is 7. The van der Waals surface area contributed by atoms with Gasteiger partial charge in [-0.25, -0.2) is 0 Å². The van der Waals surface area contributed by atoms with Crippen LogP contribution in [0.2, 0.25) is 0 Å². The third-order valence-corrected chi connectivity index (χ3v) is 18.8. The Hall–Kier alpha value is -9.34. The van der Waals surface area contributed by atoms with Crippen molar-refractivity contribution in [3.8, 4) is 71.1 Å². The Labute approximate surface area is 459 Å². The lowest BCUT2D eigenvalue weighted by Gasteiger charge is -2.31. The molecule has 0 bridgehead atoms. The van der Waals surface area contributed by atoms with Crippen molar-refractivity contribution in [3.05, 3.63) is 317 Å². The predicted octanol–water partition coefficient (Wildman–Crippen LogP) is 20.1. The molecule has 2 heteroatoms. The molecule has 3 aliphatic carbocycles. The van der Waals surface area contributed by atoms with Crippen LogP contribution in [0.4, 0.5) is 0 Å². The van der Waals surface area contributed by atoms with E-state index in [4.69, 9.17) is 0 Å². The van der Waals surface area contributed by atoms with Gasteiger partial charge in [0.15, 0.2) is 0 Å². The topological polar surface area (TPSA) is 4.93 Å². The van der Waals surface area contributed by atoms with E-state index in [-0.39, 0.29) is 5.41 Å². The Morgan fingerprint density at radius 3 is 1.55 bits per heavy atom. The molecule has 0 saturated carbocycles. The third-order valence-electron chi connectivity index (χ3n) is 17.5. The number of hydrogen-bond donors (Lipinski definition) is 0. The van der Waals surface area contributed by atoms with E-state index >= 15 is 0 Å². The van der Waals surface area contributed by atoms with E-state index in [1.54, 1.807) is 0 Å². The van der Waals surface area contributed by atoms with Crippen LogP contribution in [0.3, 0.4) is 0 Å². The van der Waals surface area contributed by atoms with E-state index < -0.39 is 5.41 Å². The number of aromatic nitrogens is 1. The molecular formula is C76H51NS. The molecule has 16 rings (SSSR count). The minimum absolute atomic E-state index is 0.158. The second-order valence-corrected chi connectivity index (χ2v) is 22.9. The molecule has 3 aliphatic rings. The van der Waals surface area contributed by atoms with Gasteiger partial charge in [-0.2, -0.15) is 0 Å². The van der Waals surface area contributed by atoms with Crippen LogP contribution >= 0.6 is 11.3 Å². The van der Waals surface area contributed by atoms with E-state index in [0.29, 0.717) is 0 Å². The first kappa shape index (κ1) is 44.9. The summed E-state index contributed by atoms with van der Waals surface area (Å²) in [6.45, 7) is 4.78. The average Bonchev–Trinajstić information content (AvgIpc) is 4.46. The predicted molar refractivity (Wildman–Crippen MR) is 329 cm³/mol. The van der Waals surface area contributed by atoms with E-state index in [9.17, 15) is 0 Å². The van der Waals surface area contributed by atoms with Crippen molar-refractivity contribution >= 4 is 44.8 Å². The number of benzene rings is 11. The van der Waals surface area contributed by atoms with Crippen LogP contribution < -0.4 is 0 Å². The summed E-state index contributed by atoms with van der Waals surface area (Å²) in [6.07, 6.45) is 2.46. The molecule has 1 nitrogen and oxygen atoms in total. The zero-order valence-electron chi connectivity index (χ0n) is 43.3. The van der Waals surface area contributed by atoms with Crippen LogP contribution in [0, 0.1) is 0 Å². The molecule has 78 heavy (non-hydrogen) atoms. The summed E-state index contributed by atoms with van der Waals surface area (Å²) in [5, 5.41) is 2.54. The summed E-state index contributed by atoms with van der Waals surface area (Å²) in [5.74, 6) is 0. The number of nitrogens with zero attached hydrogens (tertiary/aromatic N) is 1. The van der Waals surface area contributed by atoms with Crippen molar-refractivity contribution < 1.29 is 0 Å². The minimum Gasteiger partial charge on any atom is -0.309 e. The average molecular weight is 1010 g/mol. The molecule has 1 unspecified atom stereocenters. The van der Waals surface area contributed by atoms with Crippen LogP contribution in [0.5, 0.6) is 0 Å². The van der Waals surface area contributed by atoms with Crippen LogP contribution in [-0.4, -0.2) is 4.57 Å².